The van der Waals surface area contributed by atoms with Gasteiger partial charge in [-0.2, -0.15) is 13.2 Å². The van der Waals surface area contributed by atoms with Gasteiger partial charge in [-0.25, -0.2) is 14.8 Å². The van der Waals surface area contributed by atoms with Crippen LogP contribution in [0.5, 0.6) is 5.75 Å². The highest BCUT2D eigenvalue weighted by atomic mass is 35.5. The van der Waals surface area contributed by atoms with E-state index in [4.69, 9.17) is 16.3 Å². The van der Waals surface area contributed by atoms with Crippen molar-refractivity contribution in [3.63, 3.8) is 0 Å². The van der Waals surface area contributed by atoms with Crippen molar-refractivity contribution in [1.82, 2.24) is 20.0 Å². The second-order valence-corrected chi connectivity index (χ2v) is 9.84. The van der Waals surface area contributed by atoms with E-state index in [1.807, 2.05) is 18.2 Å². The summed E-state index contributed by atoms with van der Waals surface area (Å²) in [5.41, 5.74) is 3.26. The normalized spacial score (nSPS) is 13.8. The van der Waals surface area contributed by atoms with Crippen molar-refractivity contribution >= 4 is 51.6 Å². The maximum atomic E-state index is 12.7. The molecule has 14 heteroatoms. The summed E-state index contributed by atoms with van der Waals surface area (Å²) >= 11 is 6.45. The lowest BCUT2D eigenvalue weighted by atomic mass is 10.0. The van der Waals surface area contributed by atoms with Gasteiger partial charge < -0.3 is 20.2 Å². The molecule has 0 atom stereocenters. The summed E-state index contributed by atoms with van der Waals surface area (Å²) in [6.45, 7) is 0.361. The molecule has 222 valence electrons. The summed E-state index contributed by atoms with van der Waals surface area (Å²) in [5.74, 6) is -1.69. The molecule has 3 heterocycles. The molecule has 10 nitrogen and oxygen atoms in total. The SMILES string of the molecule is O=C(C=C1CCN(OC(=O)C(F)(F)F)CC1)Nc1ccc2ncnc(Nc3ccc(OCc4ccccn4)c(Cl)c3)c2c1. The quantitative estimate of drug-likeness (QED) is 0.232. The summed E-state index contributed by atoms with van der Waals surface area (Å²) in [6, 6.07) is 15.9. The molecule has 0 aliphatic carbocycles. The first kappa shape index (κ1) is 29.7. The van der Waals surface area contributed by atoms with Gasteiger partial charge >= 0.3 is 12.1 Å². The van der Waals surface area contributed by atoms with Crippen molar-refractivity contribution in [3.05, 3.63) is 89.5 Å². The van der Waals surface area contributed by atoms with Crippen LogP contribution in [0.1, 0.15) is 18.5 Å². The van der Waals surface area contributed by atoms with Gasteiger partial charge in [0.1, 0.15) is 24.5 Å². The predicted octanol–water partition coefficient (Wildman–Crippen LogP) is 5.98. The zero-order chi connectivity index (χ0) is 30.4. The third-order valence-corrected chi connectivity index (χ3v) is 6.64. The Balaban J connectivity index is 1.22. The molecule has 2 N–H and O–H groups in total. The number of carbonyl (C=O) groups is 2. The lowest BCUT2D eigenvalue weighted by molar-refractivity contribution is -0.239. The second kappa shape index (κ2) is 13.0. The summed E-state index contributed by atoms with van der Waals surface area (Å²) in [7, 11) is 0. The molecule has 2 aromatic heterocycles. The van der Waals surface area contributed by atoms with E-state index in [2.05, 4.69) is 30.4 Å². The minimum absolute atomic E-state index is 0.0463. The molecule has 5 rings (SSSR count). The van der Waals surface area contributed by atoms with Crippen LogP contribution in [0.3, 0.4) is 0 Å². The van der Waals surface area contributed by atoms with E-state index in [1.165, 1.54) is 12.4 Å². The molecular formula is C29H24ClF3N6O4. The molecule has 4 aromatic rings. The van der Waals surface area contributed by atoms with Gasteiger partial charge in [-0.15, -0.1) is 5.06 Å². The largest absolute Gasteiger partial charge is 0.492 e. The van der Waals surface area contributed by atoms with Crippen LogP contribution in [0.4, 0.5) is 30.4 Å². The van der Waals surface area contributed by atoms with Gasteiger partial charge in [-0.05, 0) is 61.4 Å². The number of aromatic nitrogens is 3. The number of hydrogen-bond donors (Lipinski definition) is 2. The minimum Gasteiger partial charge on any atom is -0.486 e. The number of anilines is 3. The van der Waals surface area contributed by atoms with Crippen LogP contribution in [0.25, 0.3) is 10.9 Å². The number of pyridine rings is 1. The highest BCUT2D eigenvalue weighted by Gasteiger charge is 2.42. The number of fused-ring (bicyclic) bond motifs is 1. The zero-order valence-electron chi connectivity index (χ0n) is 22.4. The average Bonchev–Trinajstić information content (AvgIpc) is 2.98. The molecule has 1 saturated heterocycles. The number of benzene rings is 2. The molecule has 1 aliphatic heterocycles. The van der Waals surface area contributed by atoms with E-state index in [-0.39, 0.29) is 32.5 Å². The molecule has 43 heavy (non-hydrogen) atoms. The Hall–Kier alpha value is -4.75. The van der Waals surface area contributed by atoms with Crippen LogP contribution in [-0.2, 0) is 21.0 Å². The Morgan fingerprint density at radius 1 is 1.00 bits per heavy atom. The van der Waals surface area contributed by atoms with Gasteiger partial charge in [0.25, 0.3) is 0 Å². The Bertz CT molecular complexity index is 1660. The Labute approximate surface area is 248 Å². The summed E-state index contributed by atoms with van der Waals surface area (Å²) < 4.78 is 43.0. The Morgan fingerprint density at radius 2 is 1.79 bits per heavy atom. The number of hydrogen-bond acceptors (Lipinski definition) is 9. The van der Waals surface area contributed by atoms with Gasteiger partial charge in [0, 0.05) is 42.1 Å². The molecule has 0 bridgehead atoms. The van der Waals surface area contributed by atoms with Gasteiger partial charge in [-0.3, -0.25) is 9.78 Å². The first-order chi connectivity index (χ1) is 20.6. The predicted molar refractivity (Wildman–Crippen MR) is 153 cm³/mol. The third-order valence-electron chi connectivity index (χ3n) is 6.34. The molecule has 1 fully saturated rings. The topological polar surface area (TPSA) is 119 Å². The molecule has 1 amide bonds. The van der Waals surface area contributed by atoms with Gasteiger partial charge in [0.2, 0.25) is 5.91 Å². The number of hydroxylamine groups is 2. The number of nitrogens with one attached hydrogen (secondary N) is 2. The standard InChI is InChI=1S/C29H24ClF3N6O4/c30-23-15-20(5-7-25(23)42-16-21-3-1-2-10-34-21)38-27-22-14-19(4-6-24(22)35-17-36-27)37-26(40)13-18-8-11-39(12-9-18)43-28(41)29(31,32)33/h1-7,10,13-15,17H,8-9,11-12,16H2,(H,37,40)(H,35,36,38). The van der Waals surface area contributed by atoms with Crippen molar-refractivity contribution in [1.29, 1.82) is 0 Å². The monoisotopic (exact) mass is 612 g/mol. The fourth-order valence-corrected chi connectivity index (χ4v) is 4.48. The number of nitrogens with zero attached hydrogens (tertiary/aromatic N) is 4. The van der Waals surface area contributed by atoms with Crippen LogP contribution in [0, 0.1) is 0 Å². The van der Waals surface area contributed by atoms with Crippen molar-refractivity contribution in [2.75, 3.05) is 23.7 Å². The number of rotatable bonds is 8. The molecule has 1 aliphatic rings. The Morgan fingerprint density at radius 3 is 2.51 bits per heavy atom. The second-order valence-electron chi connectivity index (χ2n) is 9.43. The van der Waals surface area contributed by atoms with Gasteiger partial charge in [-0.1, -0.05) is 23.2 Å². The first-order valence-corrected chi connectivity index (χ1v) is 13.4. The van der Waals surface area contributed by atoms with Crippen molar-refractivity contribution < 1.29 is 32.3 Å². The van der Waals surface area contributed by atoms with E-state index in [0.29, 0.717) is 44.4 Å². The zero-order valence-corrected chi connectivity index (χ0v) is 23.2. The number of alkyl halides is 3. The lowest BCUT2D eigenvalue weighted by Gasteiger charge is -2.26. The summed E-state index contributed by atoms with van der Waals surface area (Å²) in [5, 5.41) is 7.99. The van der Waals surface area contributed by atoms with Crippen LogP contribution < -0.4 is 15.4 Å². The van der Waals surface area contributed by atoms with Gasteiger partial charge in [0.05, 0.1) is 16.2 Å². The number of piperidine rings is 1. The van der Waals surface area contributed by atoms with Crippen LogP contribution in [0.15, 0.2) is 78.8 Å². The van der Waals surface area contributed by atoms with E-state index in [1.54, 1.807) is 42.6 Å². The first-order valence-electron chi connectivity index (χ1n) is 13.0. The molecule has 0 saturated carbocycles. The van der Waals surface area contributed by atoms with Crippen LogP contribution >= 0.6 is 11.6 Å². The van der Waals surface area contributed by atoms with E-state index >= 15 is 0 Å². The third kappa shape index (κ3) is 7.96. The molecular weight excluding hydrogens is 589 g/mol. The van der Waals surface area contributed by atoms with Crippen molar-refractivity contribution in [3.8, 4) is 5.75 Å². The number of ether oxygens (including phenoxy) is 1. The minimum atomic E-state index is -5.07. The van der Waals surface area contributed by atoms with Crippen molar-refractivity contribution in [2.24, 2.45) is 0 Å². The maximum absolute atomic E-state index is 12.7. The lowest BCUT2D eigenvalue weighted by Crippen LogP contribution is -2.38. The number of amides is 1. The summed E-state index contributed by atoms with van der Waals surface area (Å²) in [6.07, 6.45) is -0.0257. The molecule has 0 spiro atoms. The molecule has 0 unspecified atom stereocenters. The highest BCUT2D eigenvalue weighted by Crippen LogP contribution is 2.31. The van der Waals surface area contributed by atoms with Crippen LogP contribution in [0.2, 0.25) is 5.02 Å². The number of carbonyl (C=O) groups excluding carboxylic acids is 2. The molecule has 0 radical (unpaired) electrons. The van der Waals surface area contributed by atoms with E-state index < -0.39 is 18.1 Å². The van der Waals surface area contributed by atoms with Crippen LogP contribution in [-0.4, -0.2) is 51.2 Å². The van der Waals surface area contributed by atoms with E-state index in [0.717, 1.165) is 10.8 Å². The summed E-state index contributed by atoms with van der Waals surface area (Å²) in [4.78, 5) is 40.9. The van der Waals surface area contributed by atoms with Gasteiger partial charge in [0.15, 0.2) is 0 Å². The maximum Gasteiger partial charge on any atom is 0.492 e. The molecule has 2 aromatic carbocycles. The fourth-order valence-electron chi connectivity index (χ4n) is 4.24. The number of halogens is 4. The van der Waals surface area contributed by atoms with Crippen molar-refractivity contribution in [2.45, 2.75) is 25.6 Å². The highest BCUT2D eigenvalue weighted by molar-refractivity contribution is 6.32. The fraction of sp³-hybridized carbons (Fsp3) is 0.207. The smallest absolute Gasteiger partial charge is 0.486 e. The average molecular weight is 613 g/mol. The Kier molecular flexibility index (Phi) is 9.02. The van der Waals surface area contributed by atoms with E-state index in [9.17, 15) is 22.8 Å².